The number of hydrogen-bond acceptors (Lipinski definition) is 2. The molecule has 1 aromatic rings. The zero-order valence-corrected chi connectivity index (χ0v) is 12.4. The molecule has 0 radical (unpaired) electrons. The van der Waals surface area contributed by atoms with Gasteiger partial charge in [0.1, 0.15) is 0 Å². The van der Waals surface area contributed by atoms with E-state index in [4.69, 9.17) is 17.3 Å². The van der Waals surface area contributed by atoms with Gasteiger partial charge in [0.15, 0.2) is 0 Å². The van der Waals surface area contributed by atoms with Gasteiger partial charge in [0.25, 0.3) is 5.91 Å². The van der Waals surface area contributed by atoms with Crippen LogP contribution in [0.5, 0.6) is 0 Å². The van der Waals surface area contributed by atoms with E-state index in [0.717, 1.165) is 6.54 Å². The van der Waals surface area contributed by atoms with Crippen LogP contribution in [-0.4, -0.2) is 30.9 Å². The Morgan fingerprint density at radius 2 is 2.25 bits per heavy atom. The van der Waals surface area contributed by atoms with Gasteiger partial charge in [-0.1, -0.05) is 29.9 Å². The van der Waals surface area contributed by atoms with Gasteiger partial charge in [-0.3, -0.25) is 4.79 Å². The first-order chi connectivity index (χ1) is 9.61. The number of nitrogens with zero attached hydrogens (tertiary/aromatic N) is 1. The Balaban J connectivity index is 2.07. The van der Waals surface area contributed by atoms with Gasteiger partial charge < -0.3 is 10.6 Å². The fourth-order valence-electron chi connectivity index (χ4n) is 2.26. The third kappa shape index (κ3) is 3.53. The monoisotopic (exact) mass is 290 g/mol. The second-order valence-corrected chi connectivity index (χ2v) is 5.59. The van der Waals surface area contributed by atoms with Crippen LogP contribution in [0.1, 0.15) is 35.2 Å². The smallest absolute Gasteiger partial charge is 0.253 e. The van der Waals surface area contributed by atoms with Crippen LogP contribution in [-0.2, 0) is 0 Å². The van der Waals surface area contributed by atoms with Crippen molar-refractivity contribution in [1.29, 1.82) is 0 Å². The number of benzene rings is 1. The van der Waals surface area contributed by atoms with Gasteiger partial charge in [0.05, 0.1) is 11.6 Å². The molecule has 1 aliphatic rings. The van der Waals surface area contributed by atoms with E-state index in [0.29, 0.717) is 28.6 Å². The van der Waals surface area contributed by atoms with E-state index in [9.17, 15) is 4.79 Å². The van der Waals surface area contributed by atoms with E-state index in [1.54, 1.807) is 23.1 Å². The van der Waals surface area contributed by atoms with Crippen molar-refractivity contribution >= 4 is 17.5 Å². The Bertz CT molecular complexity index is 555. The van der Waals surface area contributed by atoms with Crippen molar-refractivity contribution < 1.29 is 4.79 Å². The van der Waals surface area contributed by atoms with Gasteiger partial charge in [0.2, 0.25) is 0 Å². The summed E-state index contributed by atoms with van der Waals surface area (Å²) in [6.07, 6.45) is 3.74. The lowest BCUT2D eigenvalue weighted by Gasteiger charge is -2.30. The first kappa shape index (κ1) is 14.9. The third-order valence-corrected chi connectivity index (χ3v) is 3.96. The van der Waals surface area contributed by atoms with Gasteiger partial charge >= 0.3 is 0 Å². The number of rotatable bonds is 3. The molecule has 1 amide bonds. The maximum atomic E-state index is 12.3. The standard InChI is InChI=1S/C16H19ClN2O/c1-19(11-12-4-2-5-12)16(20)14-8-7-13(6-3-9-18)15(17)10-14/h7-8,10,12H,2,4-5,9,11,18H2,1H3. The average Bonchev–Trinajstić information content (AvgIpc) is 2.40. The van der Waals surface area contributed by atoms with Crippen molar-refractivity contribution in [1.82, 2.24) is 4.90 Å². The van der Waals surface area contributed by atoms with Crippen molar-refractivity contribution in [3.63, 3.8) is 0 Å². The minimum atomic E-state index is 0.0112. The summed E-state index contributed by atoms with van der Waals surface area (Å²) in [7, 11) is 1.84. The lowest BCUT2D eigenvalue weighted by Crippen LogP contribution is -2.34. The van der Waals surface area contributed by atoms with Crippen LogP contribution >= 0.6 is 11.6 Å². The lowest BCUT2D eigenvalue weighted by molar-refractivity contribution is 0.0745. The Labute approximate surface area is 125 Å². The van der Waals surface area contributed by atoms with Gasteiger partial charge in [-0.2, -0.15) is 0 Å². The highest BCUT2D eigenvalue weighted by molar-refractivity contribution is 6.32. The Kier molecular flexibility index (Phi) is 5.05. The summed E-state index contributed by atoms with van der Waals surface area (Å²) < 4.78 is 0. The van der Waals surface area contributed by atoms with E-state index in [1.165, 1.54) is 19.3 Å². The van der Waals surface area contributed by atoms with E-state index >= 15 is 0 Å². The summed E-state index contributed by atoms with van der Waals surface area (Å²) in [4.78, 5) is 14.1. The predicted octanol–water partition coefficient (Wildman–Crippen LogP) is 2.52. The van der Waals surface area contributed by atoms with Crippen LogP contribution in [0.2, 0.25) is 5.02 Å². The first-order valence-electron chi connectivity index (χ1n) is 6.85. The number of hydrogen-bond donors (Lipinski definition) is 1. The van der Waals surface area contributed by atoms with Crippen LogP contribution in [0.4, 0.5) is 0 Å². The molecule has 2 N–H and O–H groups in total. The minimum Gasteiger partial charge on any atom is -0.341 e. The van der Waals surface area contributed by atoms with E-state index < -0.39 is 0 Å². The van der Waals surface area contributed by atoms with Gasteiger partial charge in [-0.25, -0.2) is 0 Å². The highest BCUT2D eigenvalue weighted by Crippen LogP contribution is 2.27. The fraction of sp³-hybridized carbons (Fsp3) is 0.438. The summed E-state index contributed by atoms with van der Waals surface area (Å²) in [5.41, 5.74) is 6.64. The molecule has 0 spiro atoms. The molecule has 3 nitrogen and oxygen atoms in total. The van der Waals surface area contributed by atoms with E-state index in [-0.39, 0.29) is 5.91 Å². The zero-order valence-electron chi connectivity index (χ0n) is 11.7. The van der Waals surface area contributed by atoms with Crippen molar-refractivity contribution in [2.24, 2.45) is 11.7 Å². The number of halogens is 1. The number of nitrogens with two attached hydrogens (primary N) is 1. The van der Waals surface area contributed by atoms with Crippen molar-refractivity contribution in [2.75, 3.05) is 20.1 Å². The van der Waals surface area contributed by atoms with E-state index in [2.05, 4.69) is 11.8 Å². The molecule has 0 heterocycles. The topological polar surface area (TPSA) is 46.3 Å². The summed E-state index contributed by atoms with van der Waals surface area (Å²) in [5.74, 6) is 6.32. The minimum absolute atomic E-state index is 0.0112. The Morgan fingerprint density at radius 1 is 1.50 bits per heavy atom. The van der Waals surface area contributed by atoms with Crippen LogP contribution in [0, 0.1) is 17.8 Å². The number of carbonyl (C=O) groups excluding carboxylic acids is 1. The predicted molar refractivity (Wildman–Crippen MR) is 81.7 cm³/mol. The fourth-order valence-corrected chi connectivity index (χ4v) is 2.49. The second kappa shape index (κ2) is 6.78. The highest BCUT2D eigenvalue weighted by atomic mass is 35.5. The molecule has 106 valence electrons. The van der Waals surface area contributed by atoms with Gasteiger partial charge in [0, 0.05) is 24.7 Å². The van der Waals surface area contributed by atoms with Crippen molar-refractivity contribution in [2.45, 2.75) is 19.3 Å². The molecule has 0 bridgehead atoms. The largest absolute Gasteiger partial charge is 0.341 e. The molecule has 1 saturated carbocycles. The maximum Gasteiger partial charge on any atom is 0.253 e. The van der Waals surface area contributed by atoms with E-state index in [1.807, 2.05) is 7.05 Å². The Hall–Kier alpha value is -1.50. The maximum absolute atomic E-state index is 12.3. The van der Waals surface area contributed by atoms with Gasteiger partial charge in [-0.05, 0) is 37.0 Å². The summed E-state index contributed by atoms with van der Waals surface area (Å²) in [5, 5.41) is 0.494. The van der Waals surface area contributed by atoms with Gasteiger partial charge in [-0.15, -0.1) is 0 Å². The van der Waals surface area contributed by atoms with Crippen molar-refractivity contribution in [3.8, 4) is 11.8 Å². The van der Waals surface area contributed by atoms with Crippen LogP contribution in [0.3, 0.4) is 0 Å². The summed E-state index contributed by atoms with van der Waals surface area (Å²) in [6, 6.07) is 5.23. The molecule has 1 aliphatic carbocycles. The molecule has 0 atom stereocenters. The molecule has 0 unspecified atom stereocenters. The molecule has 1 aromatic carbocycles. The molecule has 0 saturated heterocycles. The molecular formula is C16H19ClN2O. The average molecular weight is 291 g/mol. The molecule has 2 rings (SSSR count). The SMILES string of the molecule is CN(CC1CCC1)C(=O)c1ccc(C#CCN)c(Cl)c1. The molecule has 20 heavy (non-hydrogen) atoms. The molecule has 0 aliphatic heterocycles. The molecule has 1 fully saturated rings. The number of carbonyl (C=O) groups is 1. The van der Waals surface area contributed by atoms with Crippen molar-refractivity contribution in [3.05, 3.63) is 34.3 Å². The Morgan fingerprint density at radius 3 is 2.80 bits per heavy atom. The van der Waals surface area contributed by atoms with Crippen LogP contribution in [0.25, 0.3) is 0 Å². The summed E-state index contributed by atoms with van der Waals surface area (Å²) in [6.45, 7) is 1.12. The number of amides is 1. The normalized spacial score (nSPS) is 14.2. The first-order valence-corrected chi connectivity index (χ1v) is 7.23. The lowest BCUT2D eigenvalue weighted by atomic mass is 9.85. The van der Waals surface area contributed by atoms with Crippen LogP contribution < -0.4 is 5.73 Å². The zero-order chi connectivity index (χ0) is 14.5. The molecule has 0 aromatic heterocycles. The molecule has 4 heteroatoms. The third-order valence-electron chi connectivity index (χ3n) is 3.64. The van der Waals surface area contributed by atoms with Crippen LogP contribution in [0.15, 0.2) is 18.2 Å². The molecular weight excluding hydrogens is 272 g/mol. The second-order valence-electron chi connectivity index (χ2n) is 5.18. The summed E-state index contributed by atoms with van der Waals surface area (Å²) >= 11 is 6.14. The quantitative estimate of drug-likeness (QED) is 0.870. The highest BCUT2D eigenvalue weighted by Gasteiger charge is 2.22.